The maximum Gasteiger partial charge on any atom is 0.260 e. The normalized spacial score (nSPS) is 10.7. The minimum Gasteiger partial charge on any atom is -0.469 e. The molecule has 6 heteroatoms. The molecule has 0 spiro atoms. The van der Waals surface area contributed by atoms with E-state index >= 15 is 0 Å². The number of amides is 1. The number of furan rings is 1. The van der Waals surface area contributed by atoms with Gasteiger partial charge < -0.3 is 9.73 Å². The second-order valence-corrected chi connectivity index (χ2v) is 4.89. The van der Waals surface area contributed by atoms with Crippen LogP contribution in [0.5, 0.6) is 0 Å². The van der Waals surface area contributed by atoms with E-state index in [-0.39, 0.29) is 11.7 Å². The fraction of sp³-hybridized carbons (Fsp3) is 0.125. The molecule has 2 heterocycles. The number of aromatic nitrogens is 2. The number of anilines is 1. The highest BCUT2D eigenvalue weighted by Gasteiger charge is 2.14. The number of nitrogens with zero attached hydrogens (tertiary/aromatic N) is 2. The molecule has 0 saturated carbocycles. The molecule has 0 aliphatic carbocycles. The molecule has 0 saturated heterocycles. The van der Waals surface area contributed by atoms with Crippen LogP contribution in [0.3, 0.4) is 0 Å². The number of halogens is 1. The number of carbonyl (C=O) groups excluding carboxylic acids is 1. The summed E-state index contributed by atoms with van der Waals surface area (Å²) in [6.45, 7) is 1.72. The third-order valence-electron chi connectivity index (χ3n) is 3.36. The van der Waals surface area contributed by atoms with E-state index in [2.05, 4.69) is 10.4 Å². The monoisotopic (exact) mass is 299 g/mol. The Morgan fingerprint density at radius 2 is 2.00 bits per heavy atom. The maximum absolute atomic E-state index is 13.0. The van der Waals surface area contributed by atoms with Crippen molar-refractivity contribution in [3.8, 4) is 11.3 Å². The highest BCUT2D eigenvalue weighted by atomic mass is 19.1. The van der Waals surface area contributed by atoms with Crippen molar-refractivity contribution in [2.24, 2.45) is 7.05 Å². The van der Waals surface area contributed by atoms with Gasteiger partial charge in [0, 0.05) is 18.7 Å². The molecule has 0 unspecified atom stereocenters. The van der Waals surface area contributed by atoms with Crippen molar-refractivity contribution in [1.29, 1.82) is 0 Å². The van der Waals surface area contributed by atoms with Gasteiger partial charge in [-0.05, 0) is 37.3 Å². The van der Waals surface area contributed by atoms with Gasteiger partial charge in [0.05, 0.1) is 17.5 Å². The van der Waals surface area contributed by atoms with E-state index < -0.39 is 0 Å². The summed E-state index contributed by atoms with van der Waals surface area (Å²) < 4.78 is 19.6. The third-order valence-corrected chi connectivity index (χ3v) is 3.36. The molecule has 1 amide bonds. The van der Waals surface area contributed by atoms with Crippen LogP contribution in [0.2, 0.25) is 0 Å². The Balaban J connectivity index is 1.85. The van der Waals surface area contributed by atoms with E-state index in [1.54, 1.807) is 42.9 Å². The van der Waals surface area contributed by atoms with Crippen LogP contribution in [0.4, 0.5) is 10.2 Å². The molecule has 1 aromatic carbocycles. The van der Waals surface area contributed by atoms with Crippen LogP contribution in [0.15, 0.2) is 47.1 Å². The van der Waals surface area contributed by atoms with Crippen LogP contribution in [0.1, 0.15) is 16.1 Å². The van der Waals surface area contributed by atoms with Crippen LogP contribution < -0.4 is 5.32 Å². The highest BCUT2D eigenvalue weighted by Crippen LogP contribution is 2.22. The highest BCUT2D eigenvalue weighted by molar-refractivity contribution is 6.04. The molecule has 5 nitrogen and oxygen atoms in total. The number of benzene rings is 1. The molecule has 0 atom stereocenters. The minimum absolute atomic E-state index is 0.264. The van der Waals surface area contributed by atoms with E-state index in [0.29, 0.717) is 22.8 Å². The van der Waals surface area contributed by atoms with Crippen molar-refractivity contribution in [3.63, 3.8) is 0 Å². The van der Waals surface area contributed by atoms with E-state index in [1.165, 1.54) is 18.4 Å². The number of hydrogen-bond acceptors (Lipinski definition) is 3. The second kappa shape index (κ2) is 5.48. The molecular weight excluding hydrogens is 285 g/mol. The summed E-state index contributed by atoms with van der Waals surface area (Å²) in [7, 11) is 1.73. The van der Waals surface area contributed by atoms with Crippen molar-refractivity contribution < 1.29 is 13.6 Å². The first kappa shape index (κ1) is 14.1. The second-order valence-electron chi connectivity index (χ2n) is 4.89. The summed E-state index contributed by atoms with van der Waals surface area (Å²) in [6.07, 6.45) is 1.47. The molecule has 3 aromatic rings. The molecule has 112 valence electrons. The van der Waals surface area contributed by atoms with Crippen molar-refractivity contribution in [3.05, 3.63) is 59.8 Å². The number of aryl methyl sites for hydroxylation is 2. The van der Waals surface area contributed by atoms with Gasteiger partial charge in [-0.3, -0.25) is 9.48 Å². The largest absolute Gasteiger partial charge is 0.469 e. The van der Waals surface area contributed by atoms with Gasteiger partial charge in [0.2, 0.25) is 0 Å². The summed E-state index contributed by atoms with van der Waals surface area (Å²) in [5.74, 6) is 0.534. The predicted octanol–water partition coefficient (Wildman–Crippen LogP) is 3.38. The van der Waals surface area contributed by atoms with E-state index in [4.69, 9.17) is 4.42 Å². The summed E-state index contributed by atoms with van der Waals surface area (Å²) >= 11 is 0. The molecule has 0 radical (unpaired) electrons. The van der Waals surface area contributed by atoms with Gasteiger partial charge in [-0.1, -0.05) is 0 Å². The average Bonchev–Trinajstić information content (AvgIpc) is 3.06. The standard InChI is InChI=1S/C16H14FN3O2/c1-10-13(7-8-22-10)16(21)18-15-9-14(19-20(15)2)11-3-5-12(17)6-4-11/h3-9H,1-2H3,(H,18,21). The van der Waals surface area contributed by atoms with Gasteiger partial charge in [0.15, 0.2) is 0 Å². The Labute approximate surface area is 126 Å². The smallest absolute Gasteiger partial charge is 0.260 e. The van der Waals surface area contributed by atoms with Gasteiger partial charge in [-0.15, -0.1) is 0 Å². The lowest BCUT2D eigenvalue weighted by Crippen LogP contribution is -2.14. The fourth-order valence-electron chi connectivity index (χ4n) is 2.15. The average molecular weight is 299 g/mol. The Bertz CT molecular complexity index is 818. The number of carbonyl (C=O) groups is 1. The first-order chi connectivity index (χ1) is 10.5. The van der Waals surface area contributed by atoms with Crippen LogP contribution in [0.25, 0.3) is 11.3 Å². The van der Waals surface area contributed by atoms with Crippen LogP contribution in [-0.2, 0) is 7.05 Å². The molecule has 22 heavy (non-hydrogen) atoms. The maximum atomic E-state index is 13.0. The molecular formula is C16H14FN3O2. The summed E-state index contributed by atoms with van der Waals surface area (Å²) in [6, 6.07) is 9.38. The zero-order chi connectivity index (χ0) is 15.7. The lowest BCUT2D eigenvalue weighted by atomic mass is 10.1. The first-order valence-electron chi connectivity index (χ1n) is 6.70. The minimum atomic E-state index is -0.302. The summed E-state index contributed by atoms with van der Waals surface area (Å²) in [5, 5.41) is 7.11. The van der Waals surface area contributed by atoms with Gasteiger partial charge >= 0.3 is 0 Å². The molecule has 3 rings (SSSR count). The van der Waals surface area contributed by atoms with Crippen molar-refractivity contribution in [1.82, 2.24) is 9.78 Å². The Morgan fingerprint density at radius 1 is 1.27 bits per heavy atom. The van der Waals surface area contributed by atoms with Crippen molar-refractivity contribution in [2.45, 2.75) is 6.92 Å². The van der Waals surface area contributed by atoms with Crippen molar-refractivity contribution in [2.75, 3.05) is 5.32 Å². The fourth-order valence-corrected chi connectivity index (χ4v) is 2.15. The Morgan fingerprint density at radius 3 is 2.64 bits per heavy atom. The summed E-state index contributed by atoms with van der Waals surface area (Å²) in [4.78, 5) is 12.2. The quantitative estimate of drug-likeness (QED) is 0.806. The molecule has 0 fully saturated rings. The Kier molecular flexibility index (Phi) is 3.50. The number of rotatable bonds is 3. The SMILES string of the molecule is Cc1occc1C(=O)Nc1cc(-c2ccc(F)cc2)nn1C. The van der Waals surface area contributed by atoms with Gasteiger partial charge in [0.25, 0.3) is 5.91 Å². The summed E-state index contributed by atoms with van der Waals surface area (Å²) in [5.41, 5.74) is 1.91. The predicted molar refractivity (Wildman–Crippen MR) is 80.0 cm³/mol. The topological polar surface area (TPSA) is 60.1 Å². The molecule has 0 aliphatic heterocycles. The number of nitrogens with one attached hydrogen (secondary N) is 1. The molecule has 0 bridgehead atoms. The van der Waals surface area contributed by atoms with Gasteiger partial charge in [-0.25, -0.2) is 4.39 Å². The Hall–Kier alpha value is -2.89. The van der Waals surface area contributed by atoms with E-state index in [1.807, 2.05) is 0 Å². The molecule has 2 aromatic heterocycles. The number of hydrogen-bond donors (Lipinski definition) is 1. The molecule has 1 N–H and O–H groups in total. The van der Waals surface area contributed by atoms with Crippen molar-refractivity contribution >= 4 is 11.7 Å². The lowest BCUT2D eigenvalue weighted by Gasteiger charge is -2.03. The third kappa shape index (κ3) is 2.63. The van der Waals surface area contributed by atoms with Crippen LogP contribution >= 0.6 is 0 Å². The van der Waals surface area contributed by atoms with E-state index in [9.17, 15) is 9.18 Å². The van der Waals surface area contributed by atoms with Crippen LogP contribution in [-0.4, -0.2) is 15.7 Å². The van der Waals surface area contributed by atoms with Gasteiger partial charge in [-0.2, -0.15) is 5.10 Å². The molecule has 0 aliphatic rings. The van der Waals surface area contributed by atoms with Crippen LogP contribution in [0, 0.1) is 12.7 Å². The zero-order valence-electron chi connectivity index (χ0n) is 12.1. The van der Waals surface area contributed by atoms with E-state index in [0.717, 1.165) is 5.56 Å². The lowest BCUT2D eigenvalue weighted by molar-refractivity contribution is 0.102. The van der Waals surface area contributed by atoms with Gasteiger partial charge in [0.1, 0.15) is 17.4 Å². The zero-order valence-corrected chi connectivity index (χ0v) is 12.1. The first-order valence-corrected chi connectivity index (χ1v) is 6.70.